The summed E-state index contributed by atoms with van der Waals surface area (Å²) in [7, 11) is 3.15. The number of hydrogen-bond acceptors (Lipinski definition) is 6. The van der Waals surface area contributed by atoms with Crippen LogP contribution in [-0.2, 0) is 11.2 Å². The van der Waals surface area contributed by atoms with Crippen LogP contribution in [0.2, 0.25) is 0 Å². The second-order valence-corrected chi connectivity index (χ2v) is 5.25. The molecule has 2 heterocycles. The highest BCUT2D eigenvalue weighted by Crippen LogP contribution is 2.33. The van der Waals surface area contributed by atoms with E-state index in [0.717, 1.165) is 16.9 Å². The summed E-state index contributed by atoms with van der Waals surface area (Å²) in [6, 6.07) is 10.9. The quantitative estimate of drug-likeness (QED) is 0.740. The van der Waals surface area contributed by atoms with Gasteiger partial charge in [-0.15, -0.1) is 0 Å². The van der Waals surface area contributed by atoms with Gasteiger partial charge < -0.3 is 19.6 Å². The minimum atomic E-state index is -0.512. The molecule has 2 N–H and O–H groups in total. The fraction of sp³-hybridized carbons (Fsp3) is 0.167. The number of aromatic nitrogens is 2. The maximum atomic E-state index is 11.2. The average molecular weight is 339 g/mol. The van der Waals surface area contributed by atoms with Crippen molar-refractivity contribution >= 4 is 5.91 Å². The molecule has 0 atom stereocenters. The van der Waals surface area contributed by atoms with Crippen LogP contribution in [0.4, 0.5) is 0 Å². The predicted molar refractivity (Wildman–Crippen MR) is 91.2 cm³/mol. The van der Waals surface area contributed by atoms with Crippen LogP contribution in [0.3, 0.4) is 0 Å². The molecule has 128 valence electrons. The summed E-state index contributed by atoms with van der Waals surface area (Å²) in [6.45, 7) is 0. The Balaban J connectivity index is 2.07. The number of pyridine rings is 1. The lowest BCUT2D eigenvalue weighted by atomic mass is 10.1. The zero-order valence-electron chi connectivity index (χ0n) is 13.9. The first-order valence-corrected chi connectivity index (χ1v) is 7.53. The average Bonchev–Trinajstić information content (AvgIpc) is 3.05. The van der Waals surface area contributed by atoms with Crippen LogP contribution >= 0.6 is 0 Å². The lowest BCUT2D eigenvalue weighted by molar-refractivity contribution is -0.117. The first-order chi connectivity index (χ1) is 12.1. The molecular formula is C18H17N3O4. The highest BCUT2D eigenvalue weighted by Gasteiger charge is 2.18. The van der Waals surface area contributed by atoms with E-state index < -0.39 is 5.91 Å². The zero-order chi connectivity index (χ0) is 17.8. The molecule has 0 saturated heterocycles. The molecule has 0 aliphatic rings. The molecule has 0 aliphatic heterocycles. The summed E-state index contributed by atoms with van der Waals surface area (Å²) in [5.74, 6) is 1.50. The molecule has 0 unspecified atom stereocenters. The van der Waals surface area contributed by atoms with Crippen LogP contribution in [-0.4, -0.2) is 30.1 Å². The summed E-state index contributed by atoms with van der Waals surface area (Å²) in [6.07, 6.45) is 1.56. The molecule has 2 aromatic heterocycles. The number of rotatable bonds is 6. The smallest absolute Gasteiger partial charge is 0.226 e. The van der Waals surface area contributed by atoms with E-state index in [-0.39, 0.29) is 12.3 Å². The number of benzene rings is 1. The summed E-state index contributed by atoms with van der Waals surface area (Å²) in [5, 5.41) is 0. The lowest BCUT2D eigenvalue weighted by Crippen LogP contribution is -2.13. The summed E-state index contributed by atoms with van der Waals surface area (Å²) >= 11 is 0. The number of oxazole rings is 1. The standard InChI is InChI=1S/C18H17N3O4/c1-23-13-6-3-11(4-7-13)18-17(21-16(25-18)9-14(19)22)12-5-8-15(24-2)20-10-12/h3-8,10H,9H2,1-2H3,(H2,19,22). The van der Waals surface area contributed by atoms with Crippen molar-refractivity contribution in [2.75, 3.05) is 14.2 Å². The third kappa shape index (κ3) is 3.60. The third-order valence-corrected chi connectivity index (χ3v) is 3.57. The number of carbonyl (C=O) groups is 1. The Kier molecular flexibility index (Phi) is 4.65. The molecule has 3 rings (SSSR count). The number of nitrogens with two attached hydrogens (primary N) is 1. The second-order valence-electron chi connectivity index (χ2n) is 5.25. The van der Waals surface area contributed by atoms with Crippen LogP contribution in [0.1, 0.15) is 5.89 Å². The molecule has 7 heteroatoms. The number of methoxy groups -OCH3 is 2. The molecule has 0 fully saturated rings. The van der Waals surface area contributed by atoms with Crippen molar-refractivity contribution in [1.29, 1.82) is 0 Å². The molecule has 1 aromatic carbocycles. The summed E-state index contributed by atoms with van der Waals surface area (Å²) < 4.78 is 16.0. The van der Waals surface area contributed by atoms with Gasteiger partial charge in [0, 0.05) is 23.4 Å². The summed E-state index contributed by atoms with van der Waals surface area (Å²) in [5.41, 5.74) is 7.38. The normalized spacial score (nSPS) is 10.5. The number of ether oxygens (including phenoxy) is 2. The van der Waals surface area contributed by atoms with Gasteiger partial charge in [0.15, 0.2) is 5.76 Å². The van der Waals surface area contributed by atoms with E-state index in [9.17, 15) is 4.79 Å². The van der Waals surface area contributed by atoms with Crippen LogP contribution < -0.4 is 15.2 Å². The summed E-state index contributed by atoms with van der Waals surface area (Å²) in [4.78, 5) is 19.8. The van der Waals surface area contributed by atoms with Gasteiger partial charge in [0.25, 0.3) is 0 Å². The van der Waals surface area contributed by atoms with Gasteiger partial charge in [-0.2, -0.15) is 0 Å². The van der Waals surface area contributed by atoms with E-state index in [2.05, 4.69) is 9.97 Å². The van der Waals surface area contributed by atoms with Crippen LogP contribution in [0.25, 0.3) is 22.6 Å². The van der Waals surface area contributed by atoms with Crippen LogP contribution in [0.15, 0.2) is 47.0 Å². The Labute approximate surface area is 144 Å². The monoisotopic (exact) mass is 339 g/mol. The van der Waals surface area contributed by atoms with E-state index in [0.29, 0.717) is 17.3 Å². The Morgan fingerprint density at radius 3 is 2.36 bits per heavy atom. The topological polar surface area (TPSA) is 100 Å². The van der Waals surface area contributed by atoms with Crippen LogP contribution in [0.5, 0.6) is 11.6 Å². The van der Waals surface area contributed by atoms with Gasteiger partial charge in [-0.3, -0.25) is 4.79 Å². The molecule has 0 spiro atoms. The number of hydrogen-bond donors (Lipinski definition) is 1. The Bertz CT molecular complexity index is 805. The van der Waals surface area contributed by atoms with E-state index in [1.165, 1.54) is 0 Å². The highest BCUT2D eigenvalue weighted by atomic mass is 16.5. The second kappa shape index (κ2) is 7.04. The van der Waals surface area contributed by atoms with Gasteiger partial charge in [0.05, 0.1) is 14.2 Å². The third-order valence-electron chi connectivity index (χ3n) is 3.57. The minimum absolute atomic E-state index is 0.0766. The van der Waals surface area contributed by atoms with Crippen molar-refractivity contribution in [3.05, 3.63) is 48.5 Å². The minimum Gasteiger partial charge on any atom is -0.497 e. The lowest BCUT2D eigenvalue weighted by Gasteiger charge is -2.04. The number of carbonyl (C=O) groups excluding carboxylic acids is 1. The highest BCUT2D eigenvalue weighted by molar-refractivity contribution is 5.79. The van der Waals surface area contributed by atoms with Crippen molar-refractivity contribution in [2.45, 2.75) is 6.42 Å². The zero-order valence-corrected chi connectivity index (χ0v) is 13.9. The molecule has 0 bridgehead atoms. The number of nitrogens with zero attached hydrogens (tertiary/aromatic N) is 2. The van der Waals surface area contributed by atoms with Crippen molar-refractivity contribution < 1.29 is 18.7 Å². The van der Waals surface area contributed by atoms with Crippen molar-refractivity contribution in [3.63, 3.8) is 0 Å². The van der Waals surface area contributed by atoms with Crippen LogP contribution in [0, 0.1) is 0 Å². The Hall–Kier alpha value is -3.35. The van der Waals surface area contributed by atoms with Gasteiger partial charge in [0.1, 0.15) is 17.9 Å². The van der Waals surface area contributed by atoms with E-state index >= 15 is 0 Å². The van der Waals surface area contributed by atoms with E-state index in [1.54, 1.807) is 26.5 Å². The molecule has 3 aromatic rings. The van der Waals surface area contributed by atoms with E-state index in [1.807, 2.05) is 30.3 Å². The molecule has 0 aliphatic carbocycles. The molecule has 7 nitrogen and oxygen atoms in total. The molecular weight excluding hydrogens is 322 g/mol. The SMILES string of the molecule is COc1ccc(-c2oc(CC(N)=O)nc2-c2ccc(OC)nc2)cc1. The molecule has 1 amide bonds. The number of primary amides is 1. The van der Waals surface area contributed by atoms with Gasteiger partial charge in [-0.25, -0.2) is 9.97 Å². The fourth-order valence-electron chi connectivity index (χ4n) is 2.36. The molecule has 0 radical (unpaired) electrons. The van der Waals surface area contributed by atoms with Gasteiger partial charge in [-0.05, 0) is 30.3 Å². The van der Waals surface area contributed by atoms with Crippen molar-refractivity contribution in [3.8, 4) is 34.2 Å². The first kappa shape index (κ1) is 16.5. The van der Waals surface area contributed by atoms with Crippen molar-refractivity contribution in [2.24, 2.45) is 5.73 Å². The van der Waals surface area contributed by atoms with Gasteiger partial charge >= 0.3 is 0 Å². The maximum Gasteiger partial charge on any atom is 0.226 e. The first-order valence-electron chi connectivity index (χ1n) is 7.53. The molecule has 0 saturated carbocycles. The fourth-order valence-corrected chi connectivity index (χ4v) is 2.36. The number of amides is 1. The predicted octanol–water partition coefficient (Wildman–Crippen LogP) is 2.45. The molecule has 25 heavy (non-hydrogen) atoms. The van der Waals surface area contributed by atoms with E-state index in [4.69, 9.17) is 19.6 Å². The maximum absolute atomic E-state index is 11.2. The largest absolute Gasteiger partial charge is 0.497 e. The van der Waals surface area contributed by atoms with Crippen molar-refractivity contribution in [1.82, 2.24) is 9.97 Å². The Morgan fingerprint density at radius 1 is 1.08 bits per heavy atom. The van der Waals surface area contributed by atoms with Gasteiger partial charge in [0.2, 0.25) is 17.7 Å². The Morgan fingerprint density at radius 2 is 1.80 bits per heavy atom. The van der Waals surface area contributed by atoms with Gasteiger partial charge in [-0.1, -0.05) is 0 Å².